The fraction of sp³-hybridized carbons (Fsp3) is 0.536. The van der Waals surface area contributed by atoms with Crippen LogP contribution in [0.1, 0.15) is 178 Å². The summed E-state index contributed by atoms with van der Waals surface area (Å²) in [6.07, 6.45) is 2.56. The Morgan fingerprint density at radius 3 is 1.62 bits per heavy atom. The Bertz CT molecular complexity index is 2590. The summed E-state index contributed by atoms with van der Waals surface area (Å²) in [5.41, 5.74) is 2.87. The highest BCUT2D eigenvalue weighted by Crippen LogP contribution is 2.59. The molecule has 7 rings (SSSR count). The van der Waals surface area contributed by atoms with Crippen LogP contribution in [0.5, 0.6) is 5.75 Å². The Hall–Kier alpha value is -3.74. The maximum Gasteiger partial charge on any atom is 0.416 e. The molecule has 1 aliphatic heterocycles. The van der Waals surface area contributed by atoms with E-state index in [0.717, 1.165) is 121 Å². The average molecular weight is 995 g/mol. The van der Waals surface area contributed by atoms with Crippen LogP contribution in [-0.2, 0) is 28.8 Å². The summed E-state index contributed by atoms with van der Waals surface area (Å²) in [6.45, 7) is 22.2. The lowest BCUT2D eigenvalue weighted by atomic mass is 9.73. The molecule has 0 amide bonds. The predicted octanol–water partition coefficient (Wildman–Crippen LogP) is 19.3. The molecule has 3 aromatic heterocycles. The van der Waals surface area contributed by atoms with Crippen LogP contribution in [0.3, 0.4) is 0 Å². The van der Waals surface area contributed by atoms with Gasteiger partial charge < -0.3 is 4.74 Å². The lowest BCUT2D eigenvalue weighted by molar-refractivity contribution is -0.138. The molecule has 68 heavy (non-hydrogen) atoms. The maximum atomic E-state index is 13.7. The summed E-state index contributed by atoms with van der Waals surface area (Å²) in [5.74, 6) is 3.16. The van der Waals surface area contributed by atoms with E-state index in [1.807, 2.05) is 6.92 Å². The molecule has 3 atom stereocenters. The topological polar surface area (TPSA) is 35.0 Å². The van der Waals surface area contributed by atoms with Crippen molar-refractivity contribution in [3.63, 3.8) is 0 Å². The molecule has 0 saturated heterocycles. The number of benzene rings is 3. The monoisotopic (exact) mass is 994 g/mol. The maximum absolute atomic E-state index is 13.7. The number of thiophene rings is 2. The van der Waals surface area contributed by atoms with Crippen molar-refractivity contribution < 1.29 is 31.1 Å². The summed E-state index contributed by atoms with van der Waals surface area (Å²) in [4.78, 5) is 4.24. The lowest BCUT2D eigenvalue weighted by Crippen LogP contribution is -2.36. The largest absolute Gasteiger partial charge is 0.481 e. The van der Waals surface area contributed by atoms with Crippen LogP contribution in [0.25, 0.3) is 31.2 Å². The number of fused-ring (bicyclic) bond motifs is 4. The van der Waals surface area contributed by atoms with Crippen LogP contribution in [-0.4, -0.2) is 8.75 Å². The van der Waals surface area contributed by atoms with Crippen LogP contribution in [0.4, 0.5) is 26.3 Å². The molecule has 0 radical (unpaired) electrons. The zero-order valence-corrected chi connectivity index (χ0v) is 43.8. The number of hydrogen-bond donors (Lipinski definition) is 0. The van der Waals surface area contributed by atoms with Crippen molar-refractivity contribution >= 4 is 45.4 Å². The summed E-state index contributed by atoms with van der Waals surface area (Å²) in [7, 11) is 0. The Morgan fingerprint density at radius 2 is 1.10 bits per heavy atom. The van der Waals surface area contributed by atoms with Gasteiger partial charge in [-0.05, 0) is 109 Å². The summed E-state index contributed by atoms with van der Waals surface area (Å²) >= 11 is 4.52. The van der Waals surface area contributed by atoms with Gasteiger partial charge in [0, 0.05) is 31.7 Å². The molecular weight excluding hydrogens is 927 g/mol. The van der Waals surface area contributed by atoms with Gasteiger partial charge in [-0.15, -0.1) is 22.7 Å². The van der Waals surface area contributed by atoms with Crippen LogP contribution >= 0.6 is 34.4 Å². The lowest BCUT2D eigenvalue weighted by Gasteiger charge is -2.39. The van der Waals surface area contributed by atoms with Crippen molar-refractivity contribution in [2.75, 3.05) is 0 Å². The number of alkyl halides is 6. The van der Waals surface area contributed by atoms with Gasteiger partial charge in [-0.3, -0.25) is 0 Å². The molecule has 3 aromatic carbocycles. The highest BCUT2D eigenvalue weighted by Gasteiger charge is 2.45. The molecule has 0 fully saturated rings. The van der Waals surface area contributed by atoms with Crippen LogP contribution in [0.15, 0.2) is 72.8 Å². The second-order valence-corrected chi connectivity index (χ2v) is 23.9. The molecule has 6 aromatic rings. The fourth-order valence-electron chi connectivity index (χ4n) is 10.0. The van der Waals surface area contributed by atoms with Gasteiger partial charge in [-0.1, -0.05) is 144 Å². The van der Waals surface area contributed by atoms with Gasteiger partial charge in [0.25, 0.3) is 0 Å². The molecule has 0 N–H and O–H groups in total. The minimum Gasteiger partial charge on any atom is -0.481 e. The van der Waals surface area contributed by atoms with E-state index in [4.69, 9.17) is 13.5 Å². The number of halogens is 6. The van der Waals surface area contributed by atoms with Crippen molar-refractivity contribution in [3.8, 4) is 25.9 Å². The van der Waals surface area contributed by atoms with Crippen LogP contribution in [0, 0.1) is 23.7 Å². The number of hydrogen-bond acceptors (Lipinski definition) is 6. The number of aromatic nitrogens is 2. The van der Waals surface area contributed by atoms with Crippen LogP contribution < -0.4 is 4.74 Å². The zero-order valence-electron chi connectivity index (χ0n) is 41.3. The molecule has 4 heterocycles. The third-order valence-electron chi connectivity index (χ3n) is 14.9. The van der Waals surface area contributed by atoms with Crippen molar-refractivity contribution in [3.05, 3.63) is 111 Å². The normalized spacial score (nSPS) is 17.3. The van der Waals surface area contributed by atoms with Gasteiger partial charge in [-0.25, -0.2) is 0 Å². The molecule has 0 aliphatic carbocycles. The molecule has 12 heteroatoms. The van der Waals surface area contributed by atoms with Gasteiger partial charge in [-0.2, -0.15) is 35.1 Å². The first-order valence-electron chi connectivity index (χ1n) is 24.6. The standard InChI is InChI=1S/C56H68F6N2OS3/c1-11-53(10,39-20-24-41(25-21-39)56(60,61)62)43-27-26-42(48-49(43)64-68-63-48)46-33-45-51(66-46)50-44(32-47(67-50)52(8,9)38-18-22-40(23-19-38)55(57,58)59)54(65-45,30-28-36(6)16-12-14-34(2)3)31-29-37(7)17-13-15-35(4)5/h18-27,32-37H,11-17,28-31H2,1-10H3. The van der Waals surface area contributed by atoms with Gasteiger partial charge in [0.15, 0.2) is 0 Å². The Morgan fingerprint density at radius 1 is 0.588 bits per heavy atom. The van der Waals surface area contributed by atoms with E-state index >= 15 is 0 Å². The van der Waals surface area contributed by atoms with E-state index in [-0.39, 0.29) is 0 Å². The van der Waals surface area contributed by atoms with Gasteiger partial charge >= 0.3 is 12.4 Å². The van der Waals surface area contributed by atoms with E-state index in [9.17, 15) is 26.3 Å². The summed E-state index contributed by atoms with van der Waals surface area (Å²) in [6, 6.07) is 19.7. The van der Waals surface area contributed by atoms with Gasteiger partial charge in [0.05, 0.1) is 32.6 Å². The van der Waals surface area contributed by atoms with Crippen molar-refractivity contribution in [2.24, 2.45) is 23.7 Å². The molecule has 3 unspecified atom stereocenters. The molecule has 368 valence electrons. The molecular formula is C56H68F6N2OS3. The van der Waals surface area contributed by atoms with Crippen molar-refractivity contribution in [2.45, 2.75) is 169 Å². The molecule has 0 spiro atoms. The third-order valence-corrected chi connectivity index (χ3v) is 18.2. The number of rotatable bonds is 20. The first-order chi connectivity index (χ1) is 32.0. The predicted molar refractivity (Wildman–Crippen MR) is 272 cm³/mol. The van der Waals surface area contributed by atoms with Crippen molar-refractivity contribution in [1.82, 2.24) is 8.75 Å². The van der Waals surface area contributed by atoms with E-state index < -0.39 is 39.9 Å². The first kappa shape index (κ1) is 52.1. The Balaban J connectivity index is 1.33. The van der Waals surface area contributed by atoms with Gasteiger partial charge in [0.1, 0.15) is 22.4 Å². The average Bonchev–Trinajstić information content (AvgIpc) is 4.06. The summed E-state index contributed by atoms with van der Waals surface area (Å²) in [5, 5.41) is 0. The molecule has 0 bridgehead atoms. The number of ether oxygens (including phenoxy) is 1. The Kier molecular flexibility index (Phi) is 15.7. The Labute approximate surface area is 412 Å². The smallest absolute Gasteiger partial charge is 0.416 e. The highest BCUT2D eigenvalue weighted by atomic mass is 32.1. The van der Waals surface area contributed by atoms with Gasteiger partial charge in [0.2, 0.25) is 0 Å². The third kappa shape index (κ3) is 11.1. The zero-order chi connectivity index (χ0) is 49.4. The van der Waals surface area contributed by atoms with Crippen LogP contribution in [0.2, 0.25) is 0 Å². The second kappa shape index (κ2) is 20.5. The minimum atomic E-state index is -4.43. The number of nitrogens with zero attached hydrogens (tertiary/aromatic N) is 2. The summed E-state index contributed by atoms with van der Waals surface area (Å²) < 4.78 is 99.2. The fourth-order valence-corrected chi connectivity index (χ4v) is 13.2. The SMILES string of the molecule is CCC(C)(c1ccc(C(F)(F)F)cc1)c1ccc(-c2cc3c(s2)-c2sc(C(C)(C)c4ccc(C(F)(F)F)cc4)cc2C(CCC(C)CCCC(C)C)(CCC(C)CCCC(C)C)O3)c2nsnc12. The molecule has 1 aliphatic rings. The highest BCUT2D eigenvalue weighted by molar-refractivity contribution is 7.24. The quantitative estimate of drug-likeness (QED) is 0.0715. The van der Waals surface area contributed by atoms with E-state index in [0.29, 0.717) is 30.1 Å². The van der Waals surface area contributed by atoms with E-state index in [1.54, 1.807) is 46.9 Å². The van der Waals surface area contributed by atoms with Crippen molar-refractivity contribution in [1.29, 1.82) is 0 Å². The minimum absolute atomic E-state index is 0.502. The molecule has 3 nitrogen and oxygen atoms in total. The molecule has 0 saturated carbocycles. The second-order valence-electron chi connectivity index (χ2n) is 21.3. The van der Waals surface area contributed by atoms with E-state index in [2.05, 4.69) is 86.6 Å². The first-order valence-corrected chi connectivity index (χ1v) is 26.9. The van der Waals surface area contributed by atoms with E-state index in [1.165, 1.54) is 43.4 Å².